The van der Waals surface area contributed by atoms with Gasteiger partial charge in [-0.3, -0.25) is 4.57 Å². The highest BCUT2D eigenvalue weighted by Crippen LogP contribution is 2.30. The molecule has 0 saturated carbocycles. The van der Waals surface area contributed by atoms with Crippen molar-refractivity contribution in [1.82, 2.24) is 19.5 Å². The molecule has 0 radical (unpaired) electrons. The topological polar surface area (TPSA) is 52.8 Å². The van der Waals surface area contributed by atoms with E-state index in [2.05, 4.69) is 4.98 Å². The van der Waals surface area contributed by atoms with Gasteiger partial charge in [0.05, 0.1) is 23.8 Å². The molecule has 0 spiro atoms. The Bertz CT molecular complexity index is 1360. The normalized spacial score (nSPS) is 11.3. The highest BCUT2D eigenvalue weighted by molar-refractivity contribution is 5.86. The number of halogens is 1. The van der Waals surface area contributed by atoms with E-state index in [0.29, 0.717) is 28.4 Å². The average molecular weight is 384 g/mol. The van der Waals surface area contributed by atoms with E-state index < -0.39 is 0 Å². The third-order valence-electron chi connectivity index (χ3n) is 4.93. The van der Waals surface area contributed by atoms with E-state index in [9.17, 15) is 4.39 Å². The number of fused-ring (bicyclic) bond motifs is 2. The van der Waals surface area contributed by atoms with Crippen LogP contribution in [0.15, 0.2) is 66.7 Å². The monoisotopic (exact) mass is 384 g/mol. The van der Waals surface area contributed by atoms with Gasteiger partial charge in [0, 0.05) is 5.56 Å². The summed E-state index contributed by atoms with van der Waals surface area (Å²) < 4.78 is 21.5. The van der Waals surface area contributed by atoms with Gasteiger partial charge in [0.1, 0.15) is 17.4 Å². The van der Waals surface area contributed by atoms with Crippen LogP contribution in [0.2, 0.25) is 0 Å². The molecule has 142 valence electrons. The lowest BCUT2D eigenvalue weighted by molar-refractivity contribution is 0.415. The molecule has 2 aromatic heterocycles. The van der Waals surface area contributed by atoms with Gasteiger partial charge in [-0.2, -0.15) is 0 Å². The molecule has 0 aliphatic heterocycles. The number of hydrogen-bond donors (Lipinski definition) is 0. The maximum absolute atomic E-state index is 14.4. The van der Waals surface area contributed by atoms with E-state index in [1.54, 1.807) is 20.1 Å². The van der Waals surface area contributed by atoms with Crippen molar-refractivity contribution in [3.05, 3.63) is 78.1 Å². The van der Waals surface area contributed by atoms with Crippen molar-refractivity contribution in [3.8, 4) is 22.8 Å². The lowest BCUT2D eigenvalue weighted by atomic mass is 10.2. The second-order valence-corrected chi connectivity index (χ2v) is 6.79. The van der Waals surface area contributed by atoms with Crippen LogP contribution in [-0.2, 0) is 0 Å². The van der Waals surface area contributed by atoms with Crippen LogP contribution in [0.25, 0.3) is 39.4 Å². The van der Waals surface area contributed by atoms with Gasteiger partial charge in [0.15, 0.2) is 11.3 Å². The molecule has 0 fully saturated rings. The number of benzene rings is 3. The predicted molar refractivity (Wildman–Crippen MR) is 111 cm³/mol. The number of aryl methyl sites for hydroxylation is 1. The summed E-state index contributed by atoms with van der Waals surface area (Å²) in [6.45, 7) is 1.74. The van der Waals surface area contributed by atoms with E-state index in [4.69, 9.17) is 14.7 Å². The van der Waals surface area contributed by atoms with Crippen LogP contribution in [-0.4, -0.2) is 26.6 Å². The van der Waals surface area contributed by atoms with Gasteiger partial charge >= 0.3 is 0 Å². The van der Waals surface area contributed by atoms with Crippen molar-refractivity contribution in [2.24, 2.45) is 0 Å². The summed E-state index contributed by atoms with van der Waals surface area (Å²) in [4.78, 5) is 14.2. The Morgan fingerprint density at radius 1 is 0.862 bits per heavy atom. The summed E-state index contributed by atoms with van der Waals surface area (Å²) >= 11 is 0. The number of nitrogens with zero attached hydrogens (tertiary/aromatic N) is 4. The maximum atomic E-state index is 14.4. The smallest absolute Gasteiger partial charge is 0.199 e. The fourth-order valence-electron chi connectivity index (χ4n) is 3.36. The molecule has 5 rings (SSSR count). The first-order valence-corrected chi connectivity index (χ1v) is 9.20. The highest BCUT2D eigenvalue weighted by Gasteiger charge is 2.18. The largest absolute Gasteiger partial charge is 0.497 e. The summed E-state index contributed by atoms with van der Waals surface area (Å²) in [7, 11) is 1.62. The molecule has 2 heterocycles. The van der Waals surface area contributed by atoms with Gasteiger partial charge in [-0.05, 0) is 61.0 Å². The highest BCUT2D eigenvalue weighted by atomic mass is 19.1. The van der Waals surface area contributed by atoms with Crippen molar-refractivity contribution < 1.29 is 9.13 Å². The van der Waals surface area contributed by atoms with Gasteiger partial charge in [0.2, 0.25) is 0 Å². The van der Waals surface area contributed by atoms with Crippen molar-refractivity contribution in [2.45, 2.75) is 6.92 Å². The predicted octanol–water partition coefficient (Wildman–Crippen LogP) is 5.09. The Hall–Kier alpha value is -3.80. The molecule has 29 heavy (non-hydrogen) atoms. The minimum atomic E-state index is -0.279. The molecule has 0 N–H and O–H groups in total. The van der Waals surface area contributed by atoms with Crippen molar-refractivity contribution in [3.63, 3.8) is 0 Å². The molecular formula is C23H17FN4O. The number of hydrogen-bond acceptors (Lipinski definition) is 4. The molecule has 0 aliphatic rings. The third kappa shape index (κ3) is 2.89. The minimum absolute atomic E-state index is 0.279. The van der Waals surface area contributed by atoms with E-state index in [0.717, 1.165) is 22.3 Å². The fraction of sp³-hybridized carbons (Fsp3) is 0.0870. The van der Waals surface area contributed by atoms with Crippen LogP contribution >= 0.6 is 0 Å². The first kappa shape index (κ1) is 17.3. The number of rotatable bonds is 3. The quantitative estimate of drug-likeness (QED) is 0.435. The average Bonchev–Trinajstić information content (AvgIpc) is 3.12. The molecule has 0 unspecified atom stereocenters. The third-order valence-corrected chi connectivity index (χ3v) is 4.93. The standard InChI is InChI=1S/C23H17FN4O/c1-14-7-10-16(13-18(14)24)28-22(15-8-11-17(29-2)12-9-15)27-21-23(28)26-20-6-4-3-5-19(20)25-21/h3-13H,1-2H3. The lowest BCUT2D eigenvalue weighted by Crippen LogP contribution is -2.00. The molecular weight excluding hydrogens is 367 g/mol. The summed E-state index contributed by atoms with van der Waals surface area (Å²) in [5.41, 5.74) is 4.70. The van der Waals surface area contributed by atoms with Gasteiger partial charge in [-0.25, -0.2) is 19.3 Å². The van der Waals surface area contributed by atoms with Crippen molar-refractivity contribution in [1.29, 1.82) is 0 Å². The van der Waals surface area contributed by atoms with E-state index >= 15 is 0 Å². The zero-order chi connectivity index (χ0) is 20.0. The molecule has 0 bridgehead atoms. The number of aromatic nitrogens is 4. The number of imidazole rings is 1. The molecule has 5 aromatic rings. The van der Waals surface area contributed by atoms with Crippen LogP contribution in [0.1, 0.15) is 5.56 Å². The molecule has 5 nitrogen and oxygen atoms in total. The zero-order valence-corrected chi connectivity index (χ0v) is 15.9. The maximum Gasteiger partial charge on any atom is 0.199 e. The summed E-state index contributed by atoms with van der Waals surface area (Å²) in [5, 5.41) is 0. The van der Waals surface area contributed by atoms with Crippen molar-refractivity contribution >= 4 is 22.3 Å². The van der Waals surface area contributed by atoms with Gasteiger partial charge in [-0.15, -0.1) is 0 Å². The fourth-order valence-corrected chi connectivity index (χ4v) is 3.36. The molecule has 3 aromatic carbocycles. The zero-order valence-electron chi connectivity index (χ0n) is 15.9. The first-order valence-electron chi connectivity index (χ1n) is 9.20. The summed E-state index contributed by atoms with van der Waals surface area (Å²) in [6.07, 6.45) is 0. The SMILES string of the molecule is COc1ccc(-c2nc3nc4ccccc4nc3n2-c2ccc(C)c(F)c2)cc1. The van der Waals surface area contributed by atoms with E-state index in [1.807, 2.05) is 59.2 Å². The van der Waals surface area contributed by atoms with Crippen LogP contribution in [0.3, 0.4) is 0 Å². The van der Waals surface area contributed by atoms with Crippen LogP contribution in [0.5, 0.6) is 5.75 Å². The van der Waals surface area contributed by atoms with Crippen molar-refractivity contribution in [2.75, 3.05) is 7.11 Å². The Kier molecular flexibility index (Phi) is 3.98. The van der Waals surface area contributed by atoms with E-state index in [1.165, 1.54) is 6.07 Å². The molecule has 0 amide bonds. The first-order chi connectivity index (χ1) is 14.1. The van der Waals surface area contributed by atoms with Gasteiger partial charge in [0.25, 0.3) is 0 Å². The minimum Gasteiger partial charge on any atom is -0.497 e. The summed E-state index contributed by atoms with van der Waals surface area (Å²) in [5.74, 6) is 1.11. The number of methoxy groups -OCH3 is 1. The van der Waals surface area contributed by atoms with Crippen LogP contribution in [0.4, 0.5) is 4.39 Å². The number of para-hydroxylation sites is 2. The summed E-state index contributed by atoms with van der Waals surface area (Å²) in [6, 6.07) is 20.3. The molecule has 6 heteroatoms. The van der Waals surface area contributed by atoms with Crippen LogP contribution < -0.4 is 4.74 Å². The lowest BCUT2D eigenvalue weighted by Gasteiger charge is -2.10. The molecule has 0 aliphatic carbocycles. The van der Waals surface area contributed by atoms with E-state index in [-0.39, 0.29) is 5.82 Å². The van der Waals surface area contributed by atoms with Crippen LogP contribution in [0, 0.1) is 12.7 Å². The molecule has 0 atom stereocenters. The second kappa shape index (κ2) is 6.67. The second-order valence-electron chi connectivity index (χ2n) is 6.79. The Labute approximate surface area is 166 Å². The van der Waals surface area contributed by atoms with Gasteiger partial charge < -0.3 is 4.74 Å². The number of ether oxygens (including phenoxy) is 1. The Morgan fingerprint density at radius 2 is 1.59 bits per heavy atom. The van der Waals surface area contributed by atoms with Gasteiger partial charge in [-0.1, -0.05) is 18.2 Å². The Morgan fingerprint density at radius 3 is 2.28 bits per heavy atom. The Balaban J connectivity index is 1.84. The molecule has 0 saturated heterocycles.